The summed E-state index contributed by atoms with van der Waals surface area (Å²) < 4.78 is 0. The normalized spacial score (nSPS) is 33.2. The molecule has 0 aromatic carbocycles. The Morgan fingerprint density at radius 1 is 1.77 bits per heavy atom. The highest BCUT2D eigenvalue weighted by Gasteiger charge is 2.41. The van der Waals surface area contributed by atoms with Gasteiger partial charge in [-0.15, -0.1) is 6.58 Å². The number of rotatable bonds is 4. The lowest BCUT2D eigenvalue weighted by molar-refractivity contribution is -0.128. The van der Waals surface area contributed by atoms with Gasteiger partial charge in [0.1, 0.15) is 5.78 Å². The molecule has 13 heavy (non-hydrogen) atoms. The number of ketones is 1. The van der Waals surface area contributed by atoms with Crippen LogP contribution in [0.3, 0.4) is 0 Å². The van der Waals surface area contributed by atoms with Gasteiger partial charge >= 0.3 is 0 Å². The minimum absolute atomic E-state index is 0.0739. The number of carbonyl (C=O) groups is 1. The van der Waals surface area contributed by atoms with Gasteiger partial charge in [-0.2, -0.15) is 0 Å². The highest BCUT2D eigenvalue weighted by Crippen LogP contribution is 2.38. The molecule has 0 aromatic heterocycles. The molecule has 0 saturated heterocycles. The zero-order valence-electron chi connectivity index (χ0n) is 8.38. The third-order valence-electron chi connectivity index (χ3n) is 3.24. The quantitative estimate of drug-likeness (QED) is 0.674. The van der Waals surface area contributed by atoms with Gasteiger partial charge in [0.25, 0.3) is 0 Å². The van der Waals surface area contributed by atoms with E-state index >= 15 is 0 Å². The summed E-state index contributed by atoms with van der Waals surface area (Å²) in [6, 6.07) is 0.0739. The van der Waals surface area contributed by atoms with Gasteiger partial charge < -0.3 is 5.73 Å². The maximum absolute atomic E-state index is 11.8. The van der Waals surface area contributed by atoms with Crippen LogP contribution in [-0.4, -0.2) is 11.8 Å². The third-order valence-corrected chi connectivity index (χ3v) is 3.24. The average Bonchev–Trinajstić information content (AvgIpc) is 2.44. The summed E-state index contributed by atoms with van der Waals surface area (Å²) in [6.07, 6.45) is 6.23. The summed E-state index contributed by atoms with van der Waals surface area (Å²) in [6.45, 7) is 5.63. The second-order valence-corrected chi connectivity index (χ2v) is 4.17. The predicted molar refractivity (Wildman–Crippen MR) is 54.4 cm³/mol. The lowest BCUT2D eigenvalue weighted by Crippen LogP contribution is -2.40. The van der Waals surface area contributed by atoms with Gasteiger partial charge in [0, 0.05) is 17.9 Å². The van der Waals surface area contributed by atoms with Crippen LogP contribution in [0.5, 0.6) is 0 Å². The van der Waals surface area contributed by atoms with Gasteiger partial charge in [0.15, 0.2) is 0 Å². The van der Waals surface area contributed by atoms with Crippen molar-refractivity contribution in [2.75, 3.05) is 0 Å². The van der Waals surface area contributed by atoms with Crippen molar-refractivity contribution in [2.45, 2.75) is 45.1 Å². The zero-order chi connectivity index (χ0) is 9.90. The smallest absolute Gasteiger partial charge is 0.140 e. The van der Waals surface area contributed by atoms with E-state index in [1.54, 1.807) is 6.08 Å². The van der Waals surface area contributed by atoms with Crippen LogP contribution in [0.4, 0.5) is 0 Å². The average molecular weight is 181 g/mol. The molecule has 1 rings (SSSR count). The van der Waals surface area contributed by atoms with Crippen molar-refractivity contribution in [1.82, 2.24) is 0 Å². The van der Waals surface area contributed by atoms with E-state index in [2.05, 4.69) is 6.58 Å². The molecule has 1 fully saturated rings. The van der Waals surface area contributed by atoms with Gasteiger partial charge in [-0.3, -0.25) is 4.79 Å². The first-order valence-electron chi connectivity index (χ1n) is 5.01. The van der Waals surface area contributed by atoms with Crippen molar-refractivity contribution >= 4 is 5.78 Å². The van der Waals surface area contributed by atoms with Gasteiger partial charge in [-0.1, -0.05) is 19.4 Å². The Labute approximate surface area is 80.2 Å². The fourth-order valence-electron chi connectivity index (χ4n) is 2.06. The van der Waals surface area contributed by atoms with Crippen LogP contribution in [0, 0.1) is 5.41 Å². The molecule has 0 aromatic rings. The van der Waals surface area contributed by atoms with Gasteiger partial charge in [0.05, 0.1) is 0 Å². The fourth-order valence-corrected chi connectivity index (χ4v) is 2.06. The van der Waals surface area contributed by atoms with Crippen molar-refractivity contribution in [3.05, 3.63) is 12.7 Å². The van der Waals surface area contributed by atoms with Crippen LogP contribution >= 0.6 is 0 Å². The molecule has 2 heteroatoms. The molecule has 0 bridgehead atoms. The largest absolute Gasteiger partial charge is 0.327 e. The summed E-state index contributed by atoms with van der Waals surface area (Å²) in [4.78, 5) is 11.8. The van der Waals surface area contributed by atoms with Gasteiger partial charge in [0.2, 0.25) is 0 Å². The summed E-state index contributed by atoms with van der Waals surface area (Å²) in [7, 11) is 0. The first kappa shape index (κ1) is 10.5. The molecule has 2 atom stereocenters. The number of hydrogen-bond donors (Lipinski definition) is 1. The Kier molecular flexibility index (Phi) is 3.26. The minimum Gasteiger partial charge on any atom is -0.327 e. The van der Waals surface area contributed by atoms with Crippen LogP contribution in [-0.2, 0) is 4.79 Å². The molecule has 2 N–H and O–H groups in total. The Morgan fingerprint density at radius 3 is 2.92 bits per heavy atom. The maximum atomic E-state index is 11.8. The molecular formula is C11H19NO. The summed E-state index contributed by atoms with van der Waals surface area (Å²) in [5.41, 5.74) is 5.69. The van der Waals surface area contributed by atoms with E-state index in [1.807, 2.05) is 6.92 Å². The molecule has 74 valence electrons. The molecule has 0 heterocycles. The van der Waals surface area contributed by atoms with E-state index in [0.29, 0.717) is 12.2 Å². The lowest BCUT2D eigenvalue weighted by Gasteiger charge is -2.27. The van der Waals surface area contributed by atoms with E-state index in [0.717, 1.165) is 25.7 Å². The SMILES string of the molecule is C=CCCC(=O)C1(C)CCCC1N. The number of hydrogen-bond acceptors (Lipinski definition) is 2. The molecule has 0 aliphatic heterocycles. The Balaban J connectivity index is 2.57. The van der Waals surface area contributed by atoms with Crippen molar-refractivity contribution in [1.29, 1.82) is 0 Å². The Bertz CT molecular complexity index is 212. The van der Waals surface area contributed by atoms with E-state index in [1.165, 1.54) is 0 Å². The van der Waals surface area contributed by atoms with Crippen molar-refractivity contribution < 1.29 is 4.79 Å². The highest BCUT2D eigenvalue weighted by molar-refractivity contribution is 5.85. The molecular weight excluding hydrogens is 162 g/mol. The monoisotopic (exact) mass is 181 g/mol. The number of allylic oxidation sites excluding steroid dienone is 1. The van der Waals surface area contributed by atoms with Crippen LogP contribution in [0.15, 0.2) is 12.7 Å². The zero-order valence-corrected chi connectivity index (χ0v) is 8.38. The number of nitrogens with two attached hydrogens (primary N) is 1. The first-order chi connectivity index (χ1) is 6.11. The summed E-state index contributed by atoms with van der Waals surface area (Å²) in [5, 5.41) is 0. The van der Waals surface area contributed by atoms with Crippen LogP contribution in [0.1, 0.15) is 39.0 Å². The fraction of sp³-hybridized carbons (Fsp3) is 0.727. The maximum Gasteiger partial charge on any atom is 0.140 e. The molecule has 0 radical (unpaired) electrons. The molecule has 1 saturated carbocycles. The topological polar surface area (TPSA) is 43.1 Å². The van der Waals surface area contributed by atoms with Crippen molar-refractivity contribution in [3.8, 4) is 0 Å². The lowest BCUT2D eigenvalue weighted by atomic mass is 9.79. The predicted octanol–water partition coefficient (Wildman–Crippen LogP) is 2.04. The second-order valence-electron chi connectivity index (χ2n) is 4.17. The second kappa shape index (κ2) is 4.05. The van der Waals surface area contributed by atoms with Crippen molar-refractivity contribution in [2.24, 2.45) is 11.1 Å². The Hall–Kier alpha value is -0.630. The molecule has 0 spiro atoms. The van der Waals surface area contributed by atoms with E-state index < -0.39 is 0 Å². The molecule has 0 amide bonds. The van der Waals surface area contributed by atoms with Crippen molar-refractivity contribution in [3.63, 3.8) is 0 Å². The number of Topliss-reactive ketones (excluding diaryl/α,β-unsaturated/α-hetero) is 1. The van der Waals surface area contributed by atoms with Crippen LogP contribution in [0.2, 0.25) is 0 Å². The van der Waals surface area contributed by atoms with E-state index in [4.69, 9.17) is 5.73 Å². The summed E-state index contributed by atoms with van der Waals surface area (Å²) in [5.74, 6) is 0.317. The van der Waals surface area contributed by atoms with E-state index in [9.17, 15) is 4.79 Å². The number of carbonyl (C=O) groups excluding carboxylic acids is 1. The third kappa shape index (κ3) is 1.99. The minimum atomic E-state index is -0.247. The van der Waals surface area contributed by atoms with Crippen LogP contribution in [0.25, 0.3) is 0 Å². The van der Waals surface area contributed by atoms with E-state index in [-0.39, 0.29) is 11.5 Å². The van der Waals surface area contributed by atoms with Gasteiger partial charge in [-0.25, -0.2) is 0 Å². The van der Waals surface area contributed by atoms with Crippen LogP contribution < -0.4 is 5.73 Å². The molecule has 1 aliphatic rings. The first-order valence-corrected chi connectivity index (χ1v) is 5.01. The Morgan fingerprint density at radius 2 is 2.46 bits per heavy atom. The van der Waals surface area contributed by atoms with Gasteiger partial charge in [-0.05, 0) is 19.3 Å². The molecule has 1 aliphatic carbocycles. The highest BCUT2D eigenvalue weighted by atomic mass is 16.1. The molecule has 2 unspecified atom stereocenters. The standard InChI is InChI=1S/C11H19NO/c1-3-4-7-10(13)11(2)8-5-6-9(11)12/h3,9H,1,4-8,12H2,2H3. The summed E-state index contributed by atoms with van der Waals surface area (Å²) >= 11 is 0. The molecule has 2 nitrogen and oxygen atoms in total.